The van der Waals surface area contributed by atoms with Gasteiger partial charge in [0.25, 0.3) is 0 Å². The second-order valence-corrected chi connectivity index (χ2v) is 5.71. The summed E-state index contributed by atoms with van der Waals surface area (Å²) in [6, 6.07) is 9.82. The van der Waals surface area contributed by atoms with Crippen molar-refractivity contribution in [2.45, 2.75) is 13.8 Å². The number of anilines is 3. The molecule has 2 aromatic rings. The molecule has 6 nitrogen and oxygen atoms in total. The highest BCUT2D eigenvalue weighted by molar-refractivity contribution is 5.63. The third-order valence-corrected chi connectivity index (χ3v) is 4.22. The number of para-hydroxylation sites is 2. The number of likely N-dealkylation sites (N-methyl/N-ethyl adjacent to an activating group) is 1. The quantitative estimate of drug-likeness (QED) is 0.880. The van der Waals surface area contributed by atoms with Crippen molar-refractivity contribution in [2.75, 3.05) is 49.5 Å². The highest BCUT2D eigenvalue weighted by Crippen LogP contribution is 2.26. The molecular weight excluding hydrogens is 302 g/mol. The van der Waals surface area contributed by atoms with Crippen LogP contribution in [0, 0.1) is 0 Å². The van der Waals surface area contributed by atoms with E-state index in [-0.39, 0.29) is 0 Å². The van der Waals surface area contributed by atoms with Gasteiger partial charge in [-0.3, -0.25) is 0 Å². The molecule has 2 heterocycles. The van der Waals surface area contributed by atoms with Crippen LogP contribution in [-0.2, 0) is 0 Å². The molecule has 1 saturated heterocycles. The monoisotopic (exact) mass is 327 g/mol. The van der Waals surface area contributed by atoms with Crippen LogP contribution in [-0.4, -0.2) is 54.2 Å². The van der Waals surface area contributed by atoms with Crippen LogP contribution in [0.5, 0.6) is 5.75 Å². The van der Waals surface area contributed by atoms with Crippen LogP contribution in [0.15, 0.2) is 36.5 Å². The maximum absolute atomic E-state index is 5.65. The molecule has 1 aliphatic rings. The molecule has 0 unspecified atom stereocenters. The summed E-state index contributed by atoms with van der Waals surface area (Å²) in [7, 11) is 0. The molecule has 1 aromatic heterocycles. The number of benzene rings is 1. The van der Waals surface area contributed by atoms with E-state index in [2.05, 4.69) is 32.0 Å². The average molecular weight is 327 g/mol. The van der Waals surface area contributed by atoms with Crippen LogP contribution in [0.1, 0.15) is 13.8 Å². The zero-order valence-corrected chi connectivity index (χ0v) is 14.4. The average Bonchev–Trinajstić information content (AvgIpc) is 2.64. The number of nitrogens with zero attached hydrogens (tertiary/aromatic N) is 4. The van der Waals surface area contributed by atoms with Crippen molar-refractivity contribution < 1.29 is 4.74 Å². The minimum atomic E-state index is 0.595. The molecule has 0 bridgehead atoms. The van der Waals surface area contributed by atoms with Gasteiger partial charge in [0.15, 0.2) is 0 Å². The van der Waals surface area contributed by atoms with E-state index >= 15 is 0 Å². The second kappa shape index (κ2) is 7.97. The minimum Gasteiger partial charge on any atom is -0.492 e. The first-order chi connectivity index (χ1) is 11.8. The number of piperazine rings is 1. The SMILES string of the molecule is CCOc1ccccc1Nc1nccc(N2CCN(CC)CC2)n1. The lowest BCUT2D eigenvalue weighted by Crippen LogP contribution is -2.46. The van der Waals surface area contributed by atoms with Crippen molar-refractivity contribution in [3.05, 3.63) is 36.5 Å². The van der Waals surface area contributed by atoms with E-state index in [1.807, 2.05) is 37.3 Å². The lowest BCUT2D eigenvalue weighted by molar-refractivity contribution is 0.270. The standard InChI is InChI=1S/C18H25N5O/c1-3-22-11-13-23(14-12-22)17-9-10-19-18(21-17)20-15-7-5-6-8-16(15)24-4-2/h5-10H,3-4,11-14H2,1-2H3,(H,19,20,21). The third kappa shape index (κ3) is 3.94. The highest BCUT2D eigenvalue weighted by Gasteiger charge is 2.17. The van der Waals surface area contributed by atoms with Crippen LogP contribution in [0.2, 0.25) is 0 Å². The molecule has 1 fully saturated rings. The Morgan fingerprint density at radius 1 is 1.08 bits per heavy atom. The van der Waals surface area contributed by atoms with E-state index in [9.17, 15) is 0 Å². The van der Waals surface area contributed by atoms with E-state index in [0.717, 1.165) is 50.0 Å². The van der Waals surface area contributed by atoms with Gasteiger partial charge in [-0.25, -0.2) is 4.98 Å². The highest BCUT2D eigenvalue weighted by atomic mass is 16.5. The Kier molecular flexibility index (Phi) is 5.48. The summed E-state index contributed by atoms with van der Waals surface area (Å²) in [5, 5.41) is 3.27. The third-order valence-electron chi connectivity index (χ3n) is 4.22. The van der Waals surface area contributed by atoms with Crippen molar-refractivity contribution >= 4 is 17.5 Å². The molecule has 0 aliphatic carbocycles. The number of hydrogen-bond donors (Lipinski definition) is 1. The predicted molar refractivity (Wildman–Crippen MR) is 97.3 cm³/mol. The smallest absolute Gasteiger partial charge is 0.229 e. The van der Waals surface area contributed by atoms with Crippen molar-refractivity contribution in [3.8, 4) is 5.75 Å². The van der Waals surface area contributed by atoms with Gasteiger partial charge in [0, 0.05) is 32.4 Å². The van der Waals surface area contributed by atoms with Gasteiger partial charge in [-0.15, -0.1) is 0 Å². The summed E-state index contributed by atoms with van der Waals surface area (Å²) in [6.45, 7) is 10.1. The Bertz CT molecular complexity index is 655. The molecule has 1 aliphatic heterocycles. The van der Waals surface area contributed by atoms with Gasteiger partial charge in [-0.1, -0.05) is 19.1 Å². The zero-order chi connectivity index (χ0) is 16.8. The van der Waals surface area contributed by atoms with Crippen molar-refractivity contribution in [1.82, 2.24) is 14.9 Å². The number of hydrogen-bond acceptors (Lipinski definition) is 6. The van der Waals surface area contributed by atoms with E-state index in [1.165, 1.54) is 0 Å². The second-order valence-electron chi connectivity index (χ2n) is 5.71. The number of rotatable bonds is 6. The summed E-state index contributed by atoms with van der Waals surface area (Å²) in [6.07, 6.45) is 1.81. The minimum absolute atomic E-state index is 0.595. The molecule has 0 saturated carbocycles. The van der Waals surface area contributed by atoms with Crippen LogP contribution >= 0.6 is 0 Å². The topological polar surface area (TPSA) is 53.5 Å². The Hall–Kier alpha value is -2.34. The Morgan fingerprint density at radius 2 is 1.88 bits per heavy atom. The first-order valence-electron chi connectivity index (χ1n) is 8.59. The number of nitrogens with one attached hydrogen (secondary N) is 1. The number of aromatic nitrogens is 2. The van der Waals surface area contributed by atoms with Gasteiger partial charge in [0.1, 0.15) is 11.6 Å². The molecule has 0 amide bonds. The van der Waals surface area contributed by atoms with Crippen LogP contribution in [0.25, 0.3) is 0 Å². The van der Waals surface area contributed by atoms with E-state index in [4.69, 9.17) is 4.74 Å². The Labute approximate surface area is 143 Å². The first kappa shape index (κ1) is 16.5. The fourth-order valence-electron chi connectivity index (χ4n) is 2.85. The summed E-state index contributed by atoms with van der Waals surface area (Å²) in [5.41, 5.74) is 0.882. The Morgan fingerprint density at radius 3 is 2.62 bits per heavy atom. The van der Waals surface area contributed by atoms with Crippen molar-refractivity contribution in [3.63, 3.8) is 0 Å². The maximum Gasteiger partial charge on any atom is 0.229 e. The van der Waals surface area contributed by atoms with E-state index < -0.39 is 0 Å². The predicted octanol–water partition coefficient (Wildman–Crippen LogP) is 2.76. The molecule has 1 N–H and O–H groups in total. The van der Waals surface area contributed by atoms with E-state index in [0.29, 0.717) is 12.6 Å². The fourth-order valence-corrected chi connectivity index (χ4v) is 2.85. The molecule has 24 heavy (non-hydrogen) atoms. The summed E-state index contributed by atoms with van der Waals surface area (Å²) < 4.78 is 5.65. The largest absolute Gasteiger partial charge is 0.492 e. The van der Waals surface area contributed by atoms with Crippen LogP contribution in [0.4, 0.5) is 17.5 Å². The maximum atomic E-state index is 5.65. The van der Waals surface area contributed by atoms with Gasteiger partial charge >= 0.3 is 0 Å². The first-order valence-corrected chi connectivity index (χ1v) is 8.59. The normalized spacial score (nSPS) is 15.3. The summed E-state index contributed by atoms with van der Waals surface area (Å²) >= 11 is 0. The van der Waals surface area contributed by atoms with E-state index in [1.54, 1.807) is 6.20 Å². The molecule has 3 rings (SSSR count). The van der Waals surface area contributed by atoms with Crippen LogP contribution in [0.3, 0.4) is 0 Å². The molecular formula is C18H25N5O. The lowest BCUT2D eigenvalue weighted by Gasteiger charge is -2.34. The molecule has 0 radical (unpaired) electrons. The molecule has 128 valence electrons. The molecule has 0 spiro atoms. The van der Waals surface area contributed by atoms with Crippen LogP contribution < -0.4 is 15.0 Å². The summed E-state index contributed by atoms with van der Waals surface area (Å²) in [5.74, 6) is 2.38. The van der Waals surface area contributed by atoms with Gasteiger partial charge in [-0.2, -0.15) is 4.98 Å². The lowest BCUT2D eigenvalue weighted by atomic mass is 10.3. The fraction of sp³-hybridized carbons (Fsp3) is 0.444. The zero-order valence-electron chi connectivity index (χ0n) is 14.4. The molecule has 0 atom stereocenters. The van der Waals surface area contributed by atoms with Gasteiger partial charge < -0.3 is 19.9 Å². The van der Waals surface area contributed by atoms with Crippen molar-refractivity contribution in [1.29, 1.82) is 0 Å². The van der Waals surface area contributed by atoms with Gasteiger partial charge in [0.05, 0.1) is 12.3 Å². The summed E-state index contributed by atoms with van der Waals surface area (Å²) in [4.78, 5) is 13.8. The number of ether oxygens (including phenoxy) is 1. The Balaban J connectivity index is 1.72. The van der Waals surface area contributed by atoms with Crippen molar-refractivity contribution in [2.24, 2.45) is 0 Å². The van der Waals surface area contributed by atoms with Gasteiger partial charge in [-0.05, 0) is 31.7 Å². The molecule has 1 aromatic carbocycles. The molecule has 6 heteroatoms. The van der Waals surface area contributed by atoms with Gasteiger partial charge in [0.2, 0.25) is 5.95 Å².